The zero-order valence-electron chi connectivity index (χ0n) is 6.13. The first-order valence-corrected chi connectivity index (χ1v) is 3.48. The quantitative estimate of drug-likeness (QED) is 0.633. The van der Waals surface area contributed by atoms with Gasteiger partial charge in [0.15, 0.2) is 0 Å². The Morgan fingerprint density at radius 3 is 3.20 bits per heavy atom. The van der Waals surface area contributed by atoms with Crippen LogP contribution in [0, 0.1) is 0 Å². The van der Waals surface area contributed by atoms with E-state index in [1.165, 1.54) is 0 Å². The van der Waals surface area contributed by atoms with E-state index in [0.717, 1.165) is 25.3 Å². The van der Waals surface area contributed by atoms with Crippen LogP contribution in [0.15, 0.2) is 12.5 Å². The van der Waals surface area contributed by atoms with Gasteiger partial charge in [-0.25, -0.2) is 4.98 Å². The van der Waals surface area contributed by atoms with E-state index in [9.17, 15) is 0 Å². The number of hydrogen-bond acceptors (Lipinski definition) is 2. The van der Waals surface area contributed by atoms with E-state index < -0.39 is 0 Å². The summed E-state index contributed by atoms with van der Waals surface area (Å²) in [5.41, 5.74) is 1.13. The number of ether oxygens (including phenoxy) is 1. The molecule has 0 aliphatic rings. The summed E-state index contributed by atoms with van der Waals surface area (Å²) >= 11 is 0. The molecule has 0 atom stereocenters. The molecule has 56 valence electrons. The number of imidazole rings is 1. The predicted octanol–water partition coefficient (Wildman–Crippen LogP) is 0.989. The number of H-pyrrole nitrogens is 1. The Morgan fingerprint density at radius 2 is 2.60 bits per heavy atom. The second-order valence-electron chi connectivity index (χ2n) is 2.02. The van der Waals surface area contributed by atoms with Crippen molar-refractivity contribution in [1.82, 2.24) is 9.97 Å². The summed E-state index contributed by atoms with van der Waals surface area (Å²) in [4.78, 5) is 6.89. The van der Waals surface area contributed by atoms with Crippen molar-refractivity contribution in [3.63, 3.8) is 0 Å². The first-order valence-electron chi connectivity index (χ1n) is 3.48. The molecular formula is C7H12N2O. The van der Waals surface area contributed by atoms with Crippen LogP contribution < -0.4 is 0 Å². The molecule has 0 radical (unpaired) electrons. The van der Waals surface area contributed by atoms with E-state index in [4.69, 9.17) is 4.74 Å². The molecule has 1 N–H and O–H groups in total. The first kappa shape index (κ1) is 7.28. The molecular weight excluding hydrogens is 128 g/mol. The van der Waals surface area contributed by atoms with Gasteiger partial charge in [-0.2, -0.15) is 0 Å². The lowest BCUT2D eigenvalue weighted by Gasteiger charge is -1.96. The molecule has 3 heteroatoms. The lowest BCUT2D eigenvalue weighted by Crippen LogP contribution is -1.97. The first-order chi connectivity index (χ1) is 4.93. The molecule has 3 nitrogen and oxygen atoms in total. The summed E-state index contributed by atoms with van der Waals surface area (Å²) in [6.07, 6.45) is 4.42. The number of rotatable bonds is 4. The minimum absolute atomic E-state index is 0.776. The van der Waals surface area contributed by atoms with Gasteiger partial charge < -0.3 is 9.72 Å². The Hall–Kier alpha value is -0.830. The van der Waals surface area contributed by atoms with E-state index in [-0.39, 0.29) is 0 Å². The highest BCUT2D eigenvalue weighted by Crippen LogP contribution is 1.91. The van der Waals surface area contributed by atoms with Gasteiger partial charge in [0.25, 0.3) is 0 Å². The van der Waals surface area contributed by atoms with Crippen LogP contribution in [0.5, 0.6) is 0 Å². The summed E-state index contributed by atoms with van der Waals surface area (Å²) in [7, 11) is 0. The predicted molar refractivity (Wildman–Crippen MR) is 38.8 cm³/mol. The van der Waals surface area contributed by atoms with Gasteiger partial charge in [0, 0.05) is 24.9 Å². The molecule has 0 saturated heterocycles. The highest BCUT2D eigenvalue weighted by molar-refractivity contribution is 4.93. The van der Waals surface area contributed by atoms with Gasteiger partial charge in [0.1, 0.15) is 0 Å². The second-order valence-corrected chi connectivity index (χ2v) is 2.02. The van der Waals surface area contributed by atoms with Gasteiger partial charge in [-0.3, -0.25) is 0 Å². The van der Waals surface area contributed by atoms with Crippen LogP contribution >= 0.6 is 0 Å². The van der Waals surface area contributed by atoms with Crippen LogP contribution in [0.2, 0.25) is 0 Å². The molecule has 0 aromatic carbocycles. The number of aromatic nitrogens is 2. The number of nitrogens with zero attached hydrogens (tertiary/aromatic N) is 1. The number of nitrogens with one attached hydrogen (secondary N) is 1. The van der Waals surface area contributed by atoms with E-state index in [2.05, 4.69) is 9.97 Å². The Labute approximate surface area is 60.4 Å². The van der Waals surface area contributed by atoms with Gasteiger partial charge in [0.05, 0.1) is 12.9 Å². The molecule has 0 saturated carbocycles. The lowest BCUT2D eigenvalue weighted by atomic mass is 10.3. The number of hydrogen-bond donors (Lipinski definition) is 1. The van der Waals surface area contributed by atoms with Gasteiger partial charge in [-0.15, -0.1) is 0 Å². The van der Waals surface area contributed by atoms with Gasteiger partial charge in [-0.1, -0.05) is 0 Å². The van der Waals surface area contributed by atoms with Crippen LogP contribution in [0.1, 0.15) is 12.6 Å². The van der Waals surface area contributed by atoms with Gasteiger partial charge in [0.2, 0.25) is 0 Å². The molecule has 1 heterocycles. The third kappa shape index (κ3) is 2.19. The van der Waals surface area contributed by atoms with Crippen molar-refractivity contribution >= 4 is 0 Å². The standard InChI is InChI=1S/C7H12N2O/c1-2-10-4-3-7-5-8-6-9-7/h5-6H,2-4H2,1H3,(H,8,9). The number of aromatic amines is 1. The Morgan fingerprint density at radius 1 is 1.70 bits per heavy atom. The third-order valence-electron chi connectivity index (χ3n) is 1.27. The highest BCUT2D eigenvalue weighted by Gasteiger charge is 1.91. The minimum Gasteiger partial charge on any atom is -0.381 e. The summed E-state index contributed by atoms with van der Waals surface area (Å²) < 4.78 is 5.16. The van der Waals surface area contributed by atoms with Crippen LogP contribution in [-0.2, 0) is 11.2 Å². The molecule has 0 aliphatic heterocycles. The SMILES string of the molecule is CCOCCc1cnc[nH]1. The maximum absolute atomic E-state index is 5.16. The summed E-state index contributed by atoms with van der Waals surface area (Å²) in [6.45, 7) is 3.56. The van der Waals surface area contributed by atoms with Crippen molar-refractivity contribution in [1.29, 1.82) is 0 Å². The van der Waals surface area contributed by atoms with Crippen molar-refractivity contribution in [3.8, 4) is 0 Å². The van der Waals surface area contributed by atoms with E-state index >= 15 is 0 Å². The van der Waals surface area contributed by atoms with E-state index in [1.807, 2.05) is 13.1 Å². The fraction of sp³-hybridized carbons (Fsp3) is 0.571. The fourth-order valence-corrected chi connectivity index (χ4v) is 0.748. The van der Waals surface area contributed by atoms with Crippen LogP contribution in [0.3, 0.4) is 0 Å². The van der Waals surface area contributed by atoms with Crippen LogP contribution in [0.25, 0.3) is 0 Å². The summed E-state index contributed by atoms with van der Waals surface area (Å²) in [5.74, 6) is 0. The van der Waals surface area contributed by atoms with Crippen LogP contribution in [0.4, 0.5) is 0 Å². The molecule has 10 heavy (non-hydrogen) atoms. The topological polar surface area (TPSA) is 37.9 Å². The fourth-order valence-electron chi connectivity index (χ4n) is 0.748. The largest absolute Gasteiger partial charge is 0.381 e. The maximum atomic E-state index is 5.16. The molecule has 0 aliphatic carbocycles. The van der Waals surface area contributed by atoms with E-state index in [0.29, 0.717) is 0 Å². The van der Waals surface area contributed by atoms with Crippen molar-refractivity contribution in [2.45, 2.75) is 13.3 Å². The smallest absolute Gasteiger partial charge is 0.0921 e. The molecule has 1 aromatic rings. The van der Waals surface area contributed by atoms with Crippen molar-refractivity contribution in [3.05, 3.63) is 18.2 Å². The average molecular weight is 140 g/mol. The Balaban J connectivity index is 2.15. The monoisotopic (exact) mass is 140 g/mol. The van der Waals surface area contributed by atoms with Gasteiger partial charge >= 0.3 is 0 Å². The van der Waals surface area contributed by atoms with E-state index in [1.54, 1.807) is 6.33 Å². The summed E-state index contributed by atoms with van der Waals surface area (Å²) in [5, 5.41) is 0. The average Bonchev–Trinajstić information content (AvgIpc) is 2.41. The third-order valence-corrected chi connectivity index (χ3v) is 1.27. The normalized spacial score (nSPS) is 10.1. The Kier molecular flexibility index (Phi) is 2.96. The van der Waals surface area contributed by atoms with Crippen molar-refractivity contribution in [2.24, 2.45) is 0 Å². The lowest BCUT2D eigenvalue weighted by molar-refractivity contribution is 0.150. The zero-order valence-corrected chi connectivity index (χ0v) is 6.13. The maximum Gasteiger partial charge on any atom is 0.0921 e. The van der Waals surface area contributed by atoms with Crippen LogP contribution in [-0.4, -0.2) is 23.2 Å². The summed E-state index contributed by atoms with van der Waals surface area (Å²) in [6, 6.07) is 0. The molecule has 0 amide bonds. The molecule has 0 unspecified atom stereocenters. The molecule has 0 spiro atoms. The Bertz CT molecular complexity index is 160. The molecule has 1 aromatic heterocycles. The minimum atomic E-state index is 0.776. The molecule has 1 rings (SSSR count). The molecule has 0 bridgehead atoms. The zero-order chi connectivity index (χ0) is 7.23. The van der Waals surface area contributed by atoms with Gasteiger partial charge in [-0.05, 0) is 6.92 Å². The molecule has 0 fully saturated rings. The van der Waals surface area contributed by atoms with Crippen molar-refractivity contribution < 1.29 is 4.74 Å². The van der Waals surface area contributed by atoms with Crippen molar-refractivity contribution in [2.75, 3.05) is 13.2 Å². The second kappa shape index (κ2) is 4.06. The highest BCUT2D eigenvalue weighted by atomic mass is 16.5.